The van der Waals surface area contributed by atoms with Crippen molar-refractivity contribution in [3.63, 3.8) is 0 Å². The van der Waals surface area contributed by atoms with Crippen LogP contribution in [0.5, 0.6) is 0 Å². The number of anilines is 1. The molecule has 198 valence electrons. The van der Waals surface area contributed by atoms with Gasteiger partial charge in [0.25, 0.3) is 0 Å². The average molecular weight is 531 g/mol. The summed E-state index contributed by atoms with van der Waals surface area (Å²) in [5.41, 5.74) is 10.0. The number of aromatic nitrogens is 3. The van der Waals surface area contributed by atoms with Gasteiger partial charge in [0.05, 0.1) is 17.4 Å². The van der Waals surface area contributed by atoms with E-state index < -0.39 is 0 Å². The lowest BCUT2D eigenvalue weighted by atomic mass is 9.83. The molecule has 3 aromatic heterocycles. The topological polar surface area (TPSA) is 41.9 Å². The van der Waals surface area contributed by atoms with Gasteiger partial charge in [-0.25, -0.2) is 0 Å². The smallest absolute Gasteiger partial charge is 0.0755 e. The van der Waals surface area contributed by atoms with E-state index in [0.29, 0.717) is 5.92 Å². The van der Waals surface area contributed by atoms with Gasteiger partial charge in [0.15, 0.2) is 0 Å². The Morgan fingerprint density at radius 1 is 0.707 bits per heavy atom. The highest BCUT2D eigenvalue weighted by Gasteiger charge is 2.43. The Morgan fingerprint density at radius 3 is 2.17 bits per heavy atom. The molecule has 1 aromatic carbocycles. The normalized spacial score (nSPS) is 22.3. The van der Waals surface area contributed by atoms with E-state index in [1.807, 2.05) is 43.1 Å². The Bertz CT molecular complexity index is 1820. The Hall–Kier alpha value is -4.83. The molecule has 0 N–H and O–H groups in total. The van der Waals surface area contributed by atoms with Crippen molar-refractivity contribution in [2.45, 2.75) is 31.3 Å². The Kier molecular flexibility index (Phi) is 5.84. The number of fused-ring (bicyclic) bond motifs is 4. The van der Waals surface area contributed by atoms with E-state index in [0.717, 1.165) is 46.9 Å². The summed E-state index contributed by atoms with van der Waals surface area (Å²) in [5, 5.41) is 2.38. The SMILES string of the molecule is C1=CCC(C2=CCC3C(=C2)C2=c4ncccc4=CCC2N3c2cc(-c3cccnc3)cc(-c3cccnc3)c2)C=C1. The molecule has 0 amide bonds. The standard InChI is InChI=1S/C37H30N4/c1-2-7-25(8-3-1)27-13-14-34-33(22-27)36-35(15-12-26-9-6-18-40-37(26)36)41(34)32-20-30(28-10-4-16-38-23-28)19-31(21-32)29-11-5-17-39-24-29/h1-7,9-13,16-25,34-35H,8,14-15H2. The Morgan fingerprint density at radius 2 is 1.46 bits per heavy atom. The summed E-state index contributed by atoms with van der Waals surface area (Å²) in [6.45, 7) is 0. The predicted octanol–water partition coefficient (Wildman–Crippen LogP) is 6.19. The molecule has 0 saturated carbocycles. The van der Waals surface area contributed by atoms with E-state index in [2.05, 4.69) is 99.9 Å². The molecule has 4 aromatic rings. The number of hydrogen-bond acceptors (Lipinski definition) is 4. The summed E-state index contributed by atoms with van der Waals surface area (Å²) >= 11 is 0. The van der Waals surface area contributed by atoms with E-state index in [4.69, 9.17) is 4.98 Å². The van der Waals surface area contributed by atoms with Gasteiger partial charge in [0.2, 0.25) is 0 Å². The van der Waals surface area contributed by atoms with Gasteiger partial charge in [0.1, 0.15) is 0 Å². The Balaban J connectivity index is 1.32. The molecule has 0 bridgehead atoms. The molecule has 4 heteroatoms. The van der Waals surface area contributed by atoms with Crippen LogP contribution < -0.4 is 15.5 Å². The first-order chi connectivity index (χ1) is 20.3. The first-order valence-electron chi connectivity index (χ1n) is 14.5. The van der Waals surface area contributed by atoms with Crippen molar-refractivity contribution in [3.8, 4) is 22.3 Å². The molecule has 1 aliphatic heterocycles. The summed E-state index contributed by atoms with van der Waals surface area (Å²) in [7, 11) is 0. The fourth-order valence-electron chi connectivity index (χ4n) is 6.96. The van der Waals surface area contributed by atoms with Crippen molar-refractivity contribution in [1.29, 1.82) is 0 Å². The highest BCUT2D eigenvalue weighted by molar-refractivity contribution is 5.86. The van der Waals surface area contributed by atoms with Crippen LogP contribution in [-0.4, -0.2) is 27.0 Å². The zero-order valence-electron chi connectivity index (χ0n) is 22.8. The van der Waals surface area contributed by atoms with Crippen molar-refractivity contribution >= 4 is 17.3 Å². The second kappa shape index (κ2) is 9.97. The average Bonchev–Trinajstić information content (AvgIpc) is 3.40. The molecular formula is C37H30N4. The number of allylic oxidation sites excluding steroid dienone is 6. The fraction of sp³-hybridized carbons (Fsp3) is 0.162. The molecule has 4 nitrogen and oxygen atoms in total. The van der Waals surface area contributed by atoms with Gasteiger partial charge in [-0.3, -0.25) is 15.0 Å². The minimum absolute atomic E-state index is 0.231. The monoisotopic (exact) mass is 530 g/mol. The van der Waals surface area contributed by atoms with Gasteiger partial charge in [-0.2, -0.15) is 0 Å². The highest BCUT2D eigenvalue weighted by atomic mass is 15.2. The van der Waals surface area contributed by atoms with Gasteiger partial charge in [-0.1, -0.05) is 60.7 Å². The highest BCUT2D eigenvalue weighted by Crippen LogP contribution is 2.47. The van der Waals surface area contributed by atoms with Gasteiger partial charge in [-0.05, 0) is 83.2 Å². The van der Waals surface area contributed by atoms with Crippen LogP contribution in [0, 0.1) is 5.92 Å². The minimum atomic E-state index is 0.231. The third-order valence-corrected chi connectivity index (χ3v) is 8.84. The number of benzene rings is 1. The van der Waals surface area contributed by atoms with E-state index in [1.54, 1.807) is 0 Å². The van der Waals surface area contributed by atoms with Crippen molar-refractivity contribution in [2.24, 2.45) is 5.92 Å². The molecule has 4 heterocycles. The van der Waals surface area contributed by atoms with E-state index in [1.165, 1.54) is 27.6 Å². The molecular weight excluding hydrogens is 500 g/mol. The molecule has 4 aliphatic rings. The second-order valence-corrected chi connectivity index (χ2v) is 11.2. The predicted molar refractivity (Wildman–Crippen MR) is 166 cm³/mol. The van der Waals surface area contributed by atoms with Crippen molar-refractivity contribution in [3.05, 3.63) is 144 Å². The van der Waals surface area contributed by atoms with Gasteiger partial charge < -0.3 is 4.90 Å². The van der Waals surface area contributed by atoms with Gasteiger partial charge in [-0.15, -0.1) is 0 Å². The maximum absolute atomic E-state index is 4.95. The van der Waals surface area contributed by atoms with Gasteiger partial charge >= 0.3 is 0 Å². The molecule has 8 rings (SSSR count). The van der Waals surface area contributed by atoms with Crippen LogP contribution >= 0.6 is 0 Å². The molecule has 0 spiro atoms. The second-order valence-electron chi connectivity index (χ2n) is 11.2. The van der Waals surface area contributed by atoms with Crippen LogP contribution in [0.25, 0.3) is 33.9 Å². The maximum atomic E-state index is 4.95. The van der Waals surface area contributed by atoms with Crippen molar-refractivity contribution < 1.29 is 0 Å². The molecule has 3 aliphatic carbocycles. The zero-order chi connectivity index (χ0) is 27.2. The molecule has 1 fully saturated rings. The lowest BCUT2D eigenvalue weighted by Crippen LogP contribution is -2.41. The zero-order valence-corrected chi connectivity index (χ0v) is 22.8. The van der Waals surface area contributed by atoms with Crippen LogP contribution in [0.4, 0.5) is 5.69 Å². The van der Waals surface area contributed by atoms with Crippen LogP contribution in [0.3, 0.4) is 0 Å². The summed E-state index contributed by atoms with van der Waals surface area (Å²) in [5.74, 6) is 0.436. The molecule has 41 heavy (non-hydrogen) atoms. The molecule has 0 radical (unpaired) electrons. The summed E-state index contributed by atoms with van der Waals surface area (Å²) < 4.78 is 0. The summed E-state index contributed by atoms with van der Waals surface area (Å²) in [6, 6.07) is 20.0. The first-order valence-corrected chi connectivity index (χ1v) is 14.5. The minimum Gasteiger partial charge on any atom is -0.357 e. The van der Waals surface area contributed by atoms with Crippen LogP contribution in [0.2, 0.25) is 0 Å². The number of rotatable bonds is 4. The van der Waals surface area contributed by atoms with Crippen LogP contribution in [0.15, 0.2) is 133 Å². The third-order valence-electron chi connectivity index (χ3n) is 8.84. The van der Waals surface area contributed by atoms with Crippen LogP contribution in [-0.2, 0) is 0 Å². The third kappa shape index (κ3) is 4.18. The maximum Gasteiger partial charge on any atom is 0.0755 e. The molecule has 3 unspecified atom stereocenters. The van der Waals surface area contributed by atoms with Crippen molar-refractivity contribution in [1.82, 2.24) is 15.0 Å². The van der Waals surface area contributed by atoms with E-state index in [9.17, 15) is 0 Å². The van der Waals surface area contributed by atoms with Crippen molar-refractivity contribution in [2.75, 3.05) is 4.90 Å². The first kappa shape index (κ1) is 24.0. The van der Waals surface area contributed by atoms with E-state index in [-0.39, 0.29) is 12.1 Å². The lowest BCUT2D eigenvalue weighted by Gasteiger charge is -2.34. The largest absolute Gasteiger partial charge is 0.357 e. The summed E-state index contributed by atoms with van der Waals surface area (Å²) in [4.78, 5) is 16.5. The number of hydrogen-bond donors (Lipinski definition) is 0. The van der Waals surface area contributed by atoms with Gasteiger partial charge in [0, 0.05) is 59.3 Å². The number of nitrogens with zero attached hydrogens (tertiary/aromatic N) is 4. The molecule has 3 atom stereocenters. The van der Waals surface area contributed by atoms with Crippen LogP contribution in [0.1, 0.15) is 19.3 Å². The quantitative estimate of drug-likeness (QED) is 0.316. The fourth-order valence-corrected chi connectivity index (χ4v) is 6.96. The number of pyridine rings is 3. The molecule has 1 saturated heterocycles. The Labute approximate surface area is 240 Å². The van der Waals surface area contributed by atoms with E-state index >= 15 is 0 Å². The summed E-state index contributed by atoms with van der Waals surface area (Å²) in [6.07, 6.45) is 28.8. The lowest BCUT2D eigenvalue weighted by molar-refractivity contribution is 0.663.